The van der Waals surface area contributed by atoms with E-state index in [1.165, 1.54) is 37.8 Å². The average Bonchev–Trinajstić information content (AvgIpc) is 2.89. The first-order chi connectivity index (χ1) is 8.86. The van der Waals surface area contributed by atoms with E-state index in [4.69, 9.17) is 0 Å². The first-order valence-corrected chi connectivity index (χ1v) is 8.38. The van der Waals surface area contributed by atoms with Crippen LogP contribution in [0, 0.1) is 5.92 Å². The third-order valence-corrected chi connectivity index (χ3v) is 5.21. The molecule has 0 unspecified atom stereocenters. The van der Waals surface area contributed by atoms with Crippen molar-refractivity contribution in [3.8, 4) is 0 Å². The fourth-order valence-corrected chi connectivity index (χ4v) is 4.01. The summed E-state index contributed by atoms with van der Waals surface area (Å²) in [5.74, 6) is 0.951. The van der Waals surface area contributed by atoms with E-state index in [2.05, 4.69) is 38.4 Å². The number of hydrogen-bond donors (Lipinski definition) is 1. The molecule has 2 aromatic rings. The third kappa shape index (κ3) is 2.45. The van der Waals surface area contributed by atoms with Crippen LogP contribution in [0.1, 0.15) is 39.0 Å². The Labute approximate surface area is 114 Å². The molecule has 1 aliphatic carbocycles. The van der Waals surface area contributed by atoms with Crippen LogP contribution in [-0.2, 0) is 0 Å². The summed E-state index contributed by atoms with van der Waals surface area (Å²) in [5, 5.41) is 3.68. The van der Waals surface area contributed by atoms with Gasteiger partial charge in [-0.1, -0.05) is 0 Å². The molecule has 18 heavy (non-hydrogen) atoms. The summed E-state index contributed by atoms with van der Waals surface area (Å²) >= 11 is 0.0694. The van der Waals surface area contributed by atoms with Gasteiger partial charge in [-0.05, 0) is 0 Å². The van der Waals surface area contributed by atoms with Crippen LogP contribution < -0.4 is 5.32 Å². The molecule has 1 aliphatic rings. The Bertz CT molecular complexity index is 514. The van der Waals surface area contributed by atoms with Crippen LogP contribution in [0.2, 0.25) is 0 Å². The van der Waals surface area contributed by atoms with Crippen LogP contribution in [0.15, 0.2) is 18.2 Å². The number of fused-ring (bicyclic) bond motifs is 1. The van der Waals surface area contributed by atoms with Gasteiger partial charge in [0.1, 0.15) is 0 Å². The second-order valence-corrected chi connectivity index (χ2v) is 6.32. The fourth-order valence-electron chi connectivity index (χ4n) is 2.86. The molecule has 3 rings (SSSR count). The topological polar surface area (TPSA) is 37.8 Å². The molecule has 0 saturated heterocycles. The normalized spacial score (nSPS) is 24.3. The minimum absolute atomic E-state index is 0.0694. The van der Waals surface area contributed by atoms with Gasteiger partial charge < -0.3 is 0 Å². The molecule has 4 heteroatoms. The number of rotatable bonds is 3. The first-order valence-electron chi connectivity index (χ1n) is 6.84. The van der Waals surface area contributed by atoms with Gasteiger partial charge in [-0.2, -0.15) is 0 Å². The van der Waals surface area contributed by atoms with Crippen molar-refractivity contribution < 1.29 is 0 Å². The molecular weight excluding hydrogens is 289 g/mol. The molecule has 1 aromatic heterocycles. The predicted molar refractivity (Wildman–Crippen MR) is 76.1 cm³/mol. The van der Waals surface area contributed by atoms with Crippen LogP contribution in [0.25, 0.3) is 11.0 Å². The van der Waals surface area contributed by atoms with E-state index in [0.29, 0.717) is 6.04 Å². The monoisotopic (exact) mass is 309 g/mol. The zero-order valence-electron chi connectivity index (χ0n) is 10.7. The number of benzene rings is 1. The molecule has 1 saturated carbocycles. The van der Waals surface area contributed by atoms with Gasteiger partial charge in [0.05, 0.1) is 0 Å². The Balaban J connectivity index is 1.71. The number of nitrogens with one attached hydrogen (secondary N) is 1. The summed E-state index contributed by atoms with van der Waals surface area (Å²) in [6.45, 7) is 2.31. The quantitative estimate of drug-likeness (QED) is 0.886. The molecular formula is C14H19N3Se. The van der Waals surface area contributed by atoms with E-state index in [-0.39, 0.29) is 15.0 Å². The van der Waals surface area contributed by atoms with Crippen molar-refractivity contribution in [1.29, 1.82) is 0 Å². The average molecular weight is 308 g/mol. The molecule has 0 bridgehead atoms. The predicted octanol–water partition coefficient (Wildman–Crippen LogP) is 3.07. The summed E-state index contributed by atoms with van der Waals surface area (Å²) in [6.07, 6.45) is 6.67. The molecule has 0 spiro atoms. The zero-order valence-corrected chi connectivity index (χ0v) is 12.4. The van der Waals surface area contributed by atoms with Crippen LogP contribution >= 0.6 is 0 Å². The number of nitrogens with zero attached hydrogens (tertiary/aromatic N) is 2. The number of hydrogen-bond acceptors (Lipinski definition) is 3. The summed E-state index contributed by atoms with van der Waals surface area (Å²) in [7, 11) is 0. The molecule has 96 valence electrons. The third-order valence-electron chi connectivity index (χ3n) is 4.07. The van der Waals surface area contributed by atoms with Crippen molar-refractivity contribution in [3.63, 3.8) is 0 Å². The molecule has 0 amide bonds. The Kier molecular flexibility index (Phi) is 3.67. The maximum absolute atomic E-state index is 4.53. The van der Waals surface area contributed by atoms with Gasteiger partial charge >= 0.3 is 114 Å². The van der Waals surface area contributed by atoms with Crippen LogP contribution in [0.4, 0.5) is 5.69 Å². The van der Waals surface area contributed by atoms with Gasteiger partial charge in [-0.3, -0.25) is 0 Å². The molecule has 0 aliphatic heterocycles. The summed E-state index contributed by atoms with van der Waals surface area (Å²) < 4.78 is 8.96. The van der Waals surface area contributed by atoms with Gasteiger partial charge in [0.15, 0.2) is 0 Å². The van der Waals surface area contributed by atoms with Crippen molar-refractivity contribution in [2.45, 2.75) is 45.1 Å². The Morgan fingerprint density at radius 2 is 2.06 bits per heavy atom. The summed E-state index contributed by atoms with van der Waals surface area (Å²) in [6, 6.07) is 6.92. The van der Waals surface area contributed by atoms with Crippen LogP contribution in [0.5, 0.6) is 0 Å². The molecule has 1 aromatic carbocycles. The van der Waals surface area contributed by atoms with Crippen molar-refractivity contribution in [2.24, 2.45) is 5.92 Å². The second kappa shape index (κ2) is 5.41. The summed E-state index contributed by atoms with van der Waals surface area (Å²) in [4.78, 5) is 0. The van der Waals surface area contributed by atoms with E-state index in [1.807, 2.05) is 0 Å². The van der Waals surface area contributed by atoms with E-state index < -0.39 is 0 Å². The summed E-state index contributed by atoms with van der Waals surface area (Å²) in [5.41, 5.74) is 3.35. The van der Waals surface area contributed by atoms with Crippen molar-refractivity contribution >= 4 is 31.7 Å². The van der Waals surface area contributed by atoms with Crippen LogP contribution in [0.3, 0.4) is 0 Å². The van der Waals surface area contributed by atoms with Crippen molar-refractivity contribution in [2.75, 3.05) is 5.32 Å². The van der Waals surface area contributed by atoms with E-state index in [1.54, 1.807) is 0 Å². The van der Waals surface area contributed by atoms with E-state index in [9.17, 15) is 0 Å². The van der Waals surface area contributed by atoms with Gasteiger partial charge in [0.25, 0.3) is 0 Å². The van der Waals surface area contributed by atoms with E-state index >= 15 is 0 Å². The van der Waals surface area contributed by atoms with Gasteiger partial charge in [0, 0.05) is 0 Å². The number of anilines is 1. The fraction of sp³-hybridized carbons (Fsp3) is 0.571. The van der Waals surface area contributed by atoms with Crippen LogP contribution in [-0.4, -0.2) is 29.0 Å². The Morgan fingerprint density at radius 1 is 1.22 bits per heavy atom. The zero-order chi connectivity index (χ0) is 12.4. The SMILES string of the molecule is CCC1CCC(Nc2cccc3n[se]nc23)CC1. The maximum atomic E-state index is 4.53. The molecule has 0 radical (unpaired) electrons. The molecule has 3 nitrogen and oxygen atoms in total. The molecule has 1 fully saturated rings. The second-order valence-electron chi connectivity index (χ2n) is 5.21. The Morgan fingerprint density at radius 3 is 2.83 bits per heavy atom. The minimum atomic E-state index is 0.0694. The van der Waals surface area contributed by atoms with Crippen molar-refractivity contribution in [3.05, 3.63) is 18.2 Å². The standard InChI is InChI=1S/C14H19N3Se/c1-2-10-6-8-11(9-7-10)15-12-4-3-5-13-14(12)17-18-16-13/h3-5,10-11,15H,2,6-9H2,1H3. The number of aromatic nitrogens is 2. The van der Waals surface area contributed by atoms with Gasteiger partial charge in [-0.25, -0.2) is 0 Å². The molecule has 1 heterocycles. The Hall–Kier alpha value is -0.861. The van der Waals surface area contributed by atoms with Gasteiger partial charge in [0.2, 0.25) is 0 Å². The first kappa shape index (κ1) is 12.2. The van der Waals surface area contributed by atoms with Crippen molar-refractivity contribution in [1.82, 2.24) is 7.96 Å². The molecule has 1 N–H and O–H groups in total. The van der Waals surface area contributed by atoms with Gasteiger partial charge in [-0.15, -0.1) is 0 Å². The van der Waals surface area contributed by atoms with E-state index in [0.717, 1.165) is 17.0 Å². The molecule has 0 atom stereocenters.